The van der Waals surface area contributed by atoms with Crippen LogP contribution in [-0.4, -0.2) is 154 Å². The van der Waals surface area contributed by atoms with Gasteiger partial charge in [0, 0.05) is 6.42 Å². The minimum atomic E-state index is -1.77. The fraction of sp³-hybridized carbons (Fsp3) is 0.644. The quantitative estimate of drug-likeness (QED) is 0.0307. The zero-order chi connectivity index (χ0) is 53.2. The summed E-state index contributed by atoms with van der Waals surface area (Å²) in [5.74, 6) is -11.2. The Hall–Kier alpha value is -6.44. The van der Waals surface area contributed by atoms with Gasteiger partial charge >= 0.3 is 11.9 Å². The third-order valence-electron chi connectivity index (χ3n) is 11.2. The molecule has 25 nitrogen and oxygen atoms in total. The van der Waals surface area contributed by atoms with Crippen LogP contribution < -0.4 is 59.7 Å². The van der Waals surface area contributed by atoms with Gasteiger partial charge in [-0.25, -0.2) is 4.79 Å². The number of aromatic hydroxyl groups is 1. The van der Waals surface area contributed by atoms with E-state index in [2.05, 4.69) is 42.5 Å². The van der Waals surface area contributed by atoms with Crippen LogP contribution in [0.2, 0.25) is 0 Å². The molecule has 0 fully saturated rings. The summed E-state index contributed by atoms with van der Waals surface area (Å²) in [5, 5.41) is 58.0. The van der Waals surface area contributed by atoms with Gasteiger partial charge in [-0.1, -0.05) is 46.2 Å². The van der Waals surface area contributed by atoms with Gasteiger partial charge in [0.1, 0.15) is 60.1 Å². The summed E-state index contributed by atoms with van der Waals surface area (Å²) in [7, 11) is 0. The maximum Gasteiger partial charge on any atom is 0.326 e. The first-order valence-electron chi connectivity index (χ1n) is 23.3. The van der Waals surface area contributed by atoms with Crippen LogP contribution in [-0.2, 0) is 54.4 Å². The molecule has 25 heteroatoms. The lowest BCUT2D eigenvalue weighted by molar-refractivity contribution is -0.142. The number of carboxylic acids is 2. The predicted molar refractivity (Wildman–Crippen MR) is 254 cm³/mol. The Balaban J connectivity index is 3.19. The van der Waals surface area contributed by atoms with Gasteiger partial charge in [-0.2, -0.15) is 0 Å². The number of phenols is 1. The molecule has 0 saturated heterocycles. The van der Waals surface area contributed by atoms with Crippen LogP contribution in [0.1, 0.15) is 98.5 Å². The fourth-order valence-corrected chi connectivity index (χ4v) is 6.68. The van der Waals surface area contributed by atoms with Crippen molar-refractivity contribution in [2.45, 2.75) is 154 Å². The number of nitrogens with two attached hydrogens (primary N) is 3. The Morgan fingerprint density at radius 2 is 0.971 bits per heavy atom. The molecule has 0 aliphatic rings. The number of phenolic OH excluding ortho intramolecular Hbond substituents is 1. The van der Waals surface area contributed by atoms with E-state index < -0.39 is 138 Å². The first kappa shape index (κ1) is 61.6. The number of aliphatic hydroxyl groups excluding tert-OH is 1. The average molecular weight is 994 g/mol. The molecule has 394 valence electrons. The van der Waals surface area contributed by atoms with Gasteiger partial charge < -0.3 is 80.2 Å². The summed E-state index contributed by atoms with van der Waals surface area (Å²) in [4.78, 5) is 131. The molecule has 8 amide bonds. The van der Waals surface area contributed by atoms with E-state index in [1.165, 1.54) is 38.1 Å². The van der Waals surface area contributed by atoms with Gasteiger partial charge in [-0.15, -0.1) is 0 Å². The molecule has 18 N–H and O–H groups in total. The molecule has 0 aliphatic heterocycles. The van der Waals surface area contributed by atoms with Crippen LogP contribution in [0.4, 0.5) is 0 Å². The van der Waals surface area contributed by atoms with Crippen molar-refractivity contribution < 1.29 is 68.4 Å². The highest BCUT2D eigenvalue weighted by molar-refractivity contribution is 5.98. The highest BCUT2D eigenvalue weighted by atomic mass is 16.4. The van der Waals surface area contributed by atoms with Crippen molar-refractivity contribution in [2.24, 2.45) is 29.0 Å². The van der Waals surface area contributed by atoms with Gasteiger partial charge in [0.15, 0.2) is 0 Å². The lowest BCUT2D eigenvalue weighted by Crippen LogP contribution is -2.61. The summed E-state index contributed by atoms with van der Waals surface area (Å²) >= 11 is 0. The van der Waals surface area contributed by atoms with Gasteiger partial charge in [0.25, 0.3) is 0 Å². The molecular weight excluding hydrogens is 919 g/mol. The fourth-order valence-electron chi connectivity index (χ4n) is 6.68. The molecule has 0 aromatic heterocycles. The SMILES string of the molecule is CC[C@H](C)[C@H](NC(=O)[C@@H](NC(=O)[C@H](CC(=O)O)NC(=O)[C@H](C)NC(=O)[C@H](CCCCN)NC(=O)[C@@H](N)CO)C(C)C)C(=O)N[C@@H](C)C(=O)N[C@@H](CCCCN)C(=O)N[C@@H](Cc1ccc(O)cc1)C(=O)O. The molecule has 0 heterocycles. The molecule has 0 unspecified atom stereocenters. The monoisotopic (exact) mass is 994 g/mol. The molecule has 70 heavy (non-hydrogen) atoms. The van der Waals surface area contributed by atoms with Crippen LogP contribution >= 0.6 is 0 Å². The van der Waals surface area contributed by atoms with E-state index in [1.807, 2.05) is 0 Å². The Labute approximate surface area is 407 Å². The van der Waals surface area contributed by atoms with Crippen molar-refractivity contribution >= 4 is 59.2 Å². The van der Waals surface area contributed by atoms with Gasteiger partial charge in [0.05, 0.1) is 13.0 Å². The number of unbranched alkanes of at least 4 members (excludes halogenated alkanes) is 2. The van der Waals surface area contributed by atoms with E-state index in [9.17, 15) is 68.4 Å². The third-order valence-corrected chi connectivity index (χ3v) is 11.2. The smallest absolute Gasteiger partial charge is 0.326 e. The number of amides is 8. The van der Waals surface area contributed by atoms with E-state index in [0.717, 1.165) is 0 Å². The maximum atomic E-state index is 13.9. The number of carbonyl (C=O) groups is 10. The van der Waals surface area contributed by atoms with Crippen molar-refractivity contribution in [3.05, 3.63) is 29.8 Å². The lowest BCUT2D eigenvalue weighted by atomic mass is 9.96. The van der Waals surface area contributed by atoms with Crippen LogP contribution in [0, 0.1) is 11.8 Å². The van der Waals surface area contributed by atoms with E-state index in [1.54, 1.807) is 27.7 Å². The van der Waals surface area contributed by atoms with Crippen molar-refractivity contribution in [3.8, 4) is 5.75 Å². The van der Waals surface area contributed by atoms with E-state index in [4.69, 9.17) is 17.2 Å². The van der Waals surface area contributed by atoms with Gasteiger partial charge in [-0.3, -0.25) is 43.2 Å². The minimum Gasteiger partial charge on any atom is -0.508 e. The number of benzene rings is 1. The predicted octanol–water partition coefficient (Wildman–Crippen LogP) is -3.31. The number of nitrogens with one attached hydrogen (secondary N) is 8. The first-order valence-corrected chi connectivity index (χ1v) is 23.3. The lowest BCUT2D eigenvalue weighted by Gasteiger charge is -2.30. The van der Waals surface area contributed by atoms with Crippen LogP contribution in [0.25, 0.3) is 0 Å². The second-order valence-electron chi connectivity index (χ2n) is 17.5. The number of aliphatic carboxylic acids is 2. The molecule has 0 spiro atoms. The summed E-state index contributed by atoms with van der Waals surface area (Å²) in [6.07, 6.45) is 1.18. The summed E-state index contributed by atoms with van der Waals surface area (Å²) in [6.45, 7) is 8.94. The molecule has 0 aliphatic carbocycles. The normalized spacial score (nSPS) is 15.4. The number of carboxylic acid groups (broad SMARTS) is 2. The summed E-state index contributed by atoms with van der Waals surface area (Å²) in [6, 6.07) is -6.58. The number of hydrogen-bond donors (Lipinski definition) is 15. The summed E-state index contributed by atoms with van der Waals surface area (Å²) < 4.78 is 0. The van der Waals surface area contributed by atoms with Crippen molar-refractivity contribution in [2.75, 3.05) is 19.7 Å². The zero-order valence-corrected chi connectivity index (χ0v) is 40.7. The zero-order valence-electron chi connectivity index (χ0n) is 40.7. The van der Waals surface area contributed by atoms with E-state index in [-0.39, 0.29) is 31.6 Å². The molecule has 0 saturated carbocycles. The molecule has 10 atom stereocenters. The molecular formula is C45H75N11O14. The van der Waals surface area contributed by atoms with E-state index in [0.29, 0.717) is 44.2 Å². The Morgan fingerprint density at radius 3 is 1.43 bits per heavy atom. The largest absolute Gasteiger partial charge is 0.508 e. The maximum absolute atomic E-state index is 13.9. The molecule has 1 rings (SSSR count). The second-order valence-corrected chi connectivity index (χ2v) is 17.5. The number of hydrogen-bond acceptors (Lipinski definition) is 15. The van der Waals surface area contributed by atoms with Crippen molar-refractivity contribution in [1.29, 1.82) is 0 Å². The van der Waals surface area contributed by atoms with Crippen LogP contribution in [0.3, 0.4) is 0 Å². The minimum absolute atomic E-state index is 0.0337. The van der Waals surface area contributed by atoms with Gasteiger partial charge in [-0.05, 0) is 95.0 Å². The van der Waals surface area contributed by atoms with Crippen LogP contribution in [0.15, 0.2) is 24.3 Å². The number of aliphatic hydroxyl groups is 1. The molecule has 0 bridgehead atoms. The van der Waals surface area contributed by atoms with E-state index >= 15 is 0 Å². The standard InChI is InChI=1S/C45H75N11O14/c1-7-24(4)36(44(68)50-26(6)37(61)51-31(13-9-11-19-47)41(65)54-33(45(69)70)20-27-14-16-28(58)17-15-27)56-43(67)35(23(2)3)55-42(66)32(21-34(59)60)53-38(62)25(5)49-40(64)30(12-8-10-18-46)52-39(63)29(48)22-57/h14-17,23-26,29-33,35-36,57-58H,7-13,18-22,46-48H2,1-6H3,(H,49,64)(H,50,68)(H,51,61)(H,52,63)(H,53,62)(H,54,65)(H,55,66)(H,56,67)(H,59,60)(H,69,70)/t24-,25-,26-,29-,30-,31-,32-,33-,35-,36-/m0/s1. The highest BCUT2D eigenvalue weighted by Gasteiger charge is 2.36. The Morgan fingerprint density at radius 1 is 0.543 bits per heavy atom. The molecule has 1 aromatic rings. The number of rotatable bonds is 33. The Kier molecular flexibility index (Phi) is 27.8. The first-order chi connectivity index (χ1) is 32.9. The summed E-state index contributed by atoms with van der Waals surface area (Å²) in [5.41, 5.74) is 17.3. The van der Waals surface area contributed by atoms with Gasteiger partial charge in [0.2, 0.25) is 47.3 Å². The van der Waals surface area contributed by atoms with Crippen LogP contribution in [0.5, 0.6) is 5.75 Å². The third kappa shape index (κ3) is 21.9. The van der Waals surface area contributed by atoms with Crippen molar-refractivity contribution in [1.82, 2.24) is 42.5 Å². The number of carbonyl (C=O) groups excluding carboxylic acids is 8. The topological polar surface area (TPSA) is 426 Å². The average Bonchev–Trinajstić information content (AvgIpc) is 3.30. The molecule has 0 radical (unpaired) electrons. The highest BCUT2D eigenvalue weighted by Crippen LogP contribution is 2.14. The van der Waals surface area contributed by atoms with Crippen molar-refractivity contribution in [3.63, 3.8) is 0 Å². The second kappa shape index (κ2) is 31.6. The Bertz CT molecular complexity index is 1920. The molecule has 1 aromatic carbocycles.